The van der Waals surface area contributed by atoms with Gasteiger partial charge in [0.15, 0.2) is 0 Å². The van der Waals surface area contributed by atoms with Crippen LogP contribution in [0.1, 0.15) is 39.2 Å². The van der Waals surface area contributed by atoms with E-state index in [-0.39, 0.29) is 23.6 Å². The summed E-state index contributed by atoms with van der Waals surface area (Å²) in [5.41, 5.74) is 1.88. The molecule has 0 aromatic heterocycles. The molecule has 2 rings (SSSR count). The van der Waals surface area contributed by atoms with Crippen LogP contribution in [0.4, 0.5) is 16.2 Å². The zero-order valence-corrected chi connectivity index (χ0v) is 18.5. The molecule has 0 unspecified atom stereocenters. The Labute approximate surface area is 173 Å². The van der Waals surface area contributed by atoms with E-state index < -0.39 is 10.0 Å². The van der Waals surface area contributed by atoms with Gasteiger partial charge in [0, 0.05) is 37.8 Å². The largest absolute Gasteiger partial charge is 0.326 e. The average Bonchev–Trinajstić information content (AvgIpc) is 2.71. The second kappa shape index (κ2) is 9.96. The van der Waals surface area contributed by atoms with E-state index in [1.165, 1.54) is 0 Å². The Morgan fingerprint density at radius 2 is 1.76 bits per heavy atom. The molecule has 1 fully saturated rings. The molecule has 0 atom stereocenters. The number of urea groups is 1. The molecular weight excluding hydrogens is 392 g/mol. The van der Waals surface area contributed by atoms with Crippen molar-refractivity contribution in [1.29, 1.82) is 0 Å². The predicted octanol–water partition coefficient (Wildman–Crippen LogP) is 2.87. The lowest BCUT2D eigenvalue weighted by molar-refractivity contribution is -0.121. The second-order valence-corrected chi connectivity index (χ2v) is 9.25. The van der Waals surface area contributed by atoms with Crippen molar-refractivity contribution in [2.45, 2.75) is 40.5 Å². The molecule has 1 saturated heterocycles. The molecule has 9 heteroatoms. The molecule has 1 aromatic carbocycles. The van der Waals surface area contributed by atoms with Crippen LogP contribution in [-0.2, 0) is 14.8 Å². The first-order chi connectivity index (χ1) is 13.7. The highest BCUT2D eigenvalue weighted by Crippen LogP contribution is 2.24. The summed E-state index contributed by atoms with van der Waals surface area (Å²) in [6, 6.07) is 5.14. The van der Waals surface area contributed by atoms with Gasteiger partial charge in [0.25, 0.3) is 0 Å². The number of hydrogen-bond acceptors (Lipinski definition) is 4. The van der Waals surface area contributed by atoms with Crippen LogP contribution in [0.5, 0.6) is 0 Å². The van der Waals surface area contributed by atoms with Crippen molar-refractivity contribution in [3.05, 3.63) is 23.8 Å². The van der Waals surface area contributed by atoms with Crippen molar-refractivity contribution in [2.24, 2.45) is 5.92 Å². The Hall–Kier alpha value is -2.29. The molecule has 0 aliphatic carbocycles. The molecule has 3 amide bonds. The summed E-state index contributed by atoms with van der Waals surface area (Å²) < 4.78 is 26.0. The van der Waals surface area contributed by atoms with Gasteiger partial charge in [-0.25, -0.2) is 13.2 Å². The number of sulfonamides is 1. The topological polar surface area (TPSA) is 98.8 Å². The van der Waals surface area contributed by atoms with Gasteiger partial charge < -0.3 is 15.1 Å². The van der Waals surface area contributed by atoms with Gasteiger partial charge in [0.05, 0.1) is 11.4 Å². The van der Waals surface area contributed by atoms with Crippen molar-refractivity contribution >= 4 is 33.3 Å². The maximum Gasteiger partial charge on any atom is 0.319 e. The molecule has 1 heterocycles. The lowest BCUT2D eigenvalue weighted by atomic mass is 9.96. The molecule has 29 heavy (non-hydrogen) atoms. The molecule has 1 aromatic rings. The highest BCUT2D eigenvalue weighted by Gasteiger charge is 2.29. The highest BCUT2D eigenvalue weighted by molar-refractivity contribution is 7.92. The Balaban J connectivity index is 1.93. The fourth-order valence-corrected chi connectivity index (χ4v) is 4.08. The summed E-state index contributed by atoms with van der Waals surface area (Å²) in [7, 11) is -3.34. The quantitative estimate of drug-likeness (QED) is 0.703. The third-order valence-corrected chi connectivity index (χ3v) is 6.60. The SMILES string of the molecule is CCN(CC)C(=O)N1CCC(C(=O)Nc2ccc(NS(=O)(=O)CC)c(C)c2)CC1. The van der Waals surface area contributed by atoms with Crippen molar-refractivity contribution in [1.82, 2.24) is 9.80 Å². The molecule has 2 N–H and O–H groups in total. The first-order valence-corrected chi connectivity index (χ1v) is 11.8. The molecule has 0 radical (unpaired) electrons. The molecule has 1 aliphatic rings. The average molecular weight is 425 g/mol. The van der Waals surface area contributed by atoms with Crippen LogP contribution in [0.2, 0.25) is 0 Å². The van der Waals surface area contributed by atoms with E-state index in [2.05, 4.69) is 10.0 Å². The van der Waals surface area contributed by atoms with Crippen molar-refractivity contribution < 1.29 is 18.0 Å². The van der Waals surface area contributed by atoms with E-state index in [4.69, 9.17) is 0 Å². The van der Waals surface area contributed by atoms with Gasteiger partial charge in [-0.3, -0.25) is 9.52 Å². The third-order valence-electron chi connectivity index (χ3n) is 5.31. The summed E-state index contributed by atoms with van der Waals surface area (Å²) in [6.07, 6.45) is 1.26. The van der Waals surface area contributed by atoms with E-state index in [1.807, 2.05) is 18.7 Å². The van der Waals surface area contributed by atoms with Gasteiger partial charge in [-0.15, -0.1) is 0 Å². The van der Waals surface area contributed by atoms with Gasteiger partial charge in [-0.05, 0) is 64.3 Å². The van der Waals surface area contributed by atoms with E-state index in [1.54, 1.807) is 36.9 Å². The summed E-state index contributed by atoms with van der Waals surface area (Å²) in [5.74, 6) is -0.212. The number of carbonyl (C=O) groups excluding carboxylic acids is 2. The number of nitrogens with zero attached hydrogens (tertiary/aromatic N) is 2. The van der Waals surface area contributed by atoms with Crippen LogP contribution in [0.3, 0.4) is 0 Å². The van der Waals surface area contributed by atoms with E-state index in [0.29, 0.717) is 50.4 Å². The molecule has 1 aliphatic heterocycles. The van der Waals surface area contributed by atoms with E-state index >= 15 is 0 Å². The van der Waals surface area contributed by atoms with Gasteiger partial charge in [0.1, 0.15) is 0 Å². The number of benzene rings is 1. The predicted molar refractivity (Wildman–Crippen MR) is 116 cm³/mol. The van der Waals surface area contributed by atoms with Gasteiger partial charge in [-0.1, -0.05) is 0 Å². The maximum absolute atomic E-state index is 12.6. The summed E-state index contributed by atoms with van der Waals surface area (Å²) >= 11 is 0. The number of carbonyl (C=O) groups is 2. The van der Waals surface area contributed by atoms with Crippen LogP contribution < -0.4 is 10.0 Å². The first kappa shape index (κ1) is 23.0. The number of piperidine rings is 1. The number of likely N-dealkylation sites (tertiary alicyclic amines) is 1. The summed E-state index contributed by atoms with van der Waals surface area (Å²) in [5, 5.41) is 2.92. The molecule has 0 bridgehead atoms. The van der Waals surface area contributed by atoms with Crippen LogP contribution in [0.15, 0.2) is 18.2 Å². The van der Waals surface area contributed by atoms with Crippen LogP contribution in [0.25, 0.3) is 0 Å². The van der Waals surface area contributed by atoms with Gasteiger partial charge in [-0.2, -0.15) is 0 Å². The Kier molecular flexibility index (Phi) is 7.89. The Morgan fingerprint density at radius 1 is 1.14 bits per heavy atom. The smallest absolute Gasteiger partial charge is 0.319 e. The van der Waals surface area contributed by atoms with Gasteiger partial charge >= 0.3 is 6.03 Å². The van der Waals surface area contributed by atoms with E-state index in [9.17, 15) is 18.0 Å². The highest BCUT2D eigenvalue weighted by atomic mass is 32.2. The monoisotopic (exact) mass is 424 g/mol. The second-order valence-electron chi connectivity index (χ2n) is 7.24. The lowest BCUT2D eigenvalue weighted by Crippen LogP contribution is -2.47. The number of amides is 3. The number of aryl methyl sites for hydroxylation is 1. The number of hydrogen-bond donors (Lipinski definition) is 2. The molecule has 0 spiro atoms. The zero-order chi connectivity index (χ0) is 21.6. The van der Waals surface area contributed by atoms with Crippen LogP contribution in [0, 0.1) is 12.8 Å². The van der Waals surface area contributed by atoms with Crippen molar-refractivity contribution in [3.63, 3.8) is 0 Å². The van der Waals surface area contributed by atoms with Crippen LogP contribution in [-0.4, -0.2) is 62.1 Å². The fraction of sp³-hybridized carbons (Fsp3) is 0.600. The standard InChI is InChI=1S/C20H32N4O4S/c1-5-23(6-2)20(26)24-12-10-16(11-13-24)19(25)21-17-8-9-18(15(4)14-17)22-29(27,28)7-3/h8-9,14,16,22H,5-7,10-13H2,1-4H3,(H,21,25). The Bertz CT molecular complexity index is 829. The minimum absolute atomic E-state index is 0.000397. The third kappa shape index (κ3) is 6.09. The molecule has 0 saturated carbocycles. The summed E-state index contributed by atoms with van der Waals surface area (Å²) in [6.45, 7) is 9.80. The van der Waals surface area contributed by atoms with Crippen molar-refractivity contribution in [2.75, 3.05) is 42.0 Å². The fourth-order valence-electron chi connectivity index (χ4n) is 3.37. The van der Waals surface area contributed by atoms with Crippen LogP contribution >= 0.6 is 0 Å². The first-order valence-electron chi connectivity index (χ1n) is 10.2. The Morgan fingerprint density at radius 3 is 2.28 bits per heavy atom. The van der Waals surface area contributed by atoms with Gasteiger partial charge in [0.2, 0.25) is 15.9 Å². The number of anilines is 2. The summed E-state index contributed by atoms with van der Waals surface area (Å²) in [4.78, 5) is 28.6. The maximum atomic E-state index is 12.6. The van der Waals surface area contributed by atoms with E-state index in [0.717, 1.165) is 5.56 Å². The normalized spacial score (nSPS) is 15.1. The number of nitrogens with one attached hydrogen (secondary N) is 2. The number of rotatable bonds is 7. The molecule has 8 nitrogen and oxygen atoms in total. The molecular formula is C20H32N4O4S. The lowest BCUT2D eigenvalue weighted by Gasteiger charge is -2.34. The molecule has 162 valence electrons. The van der Waals surface area contributed by atoms with Crippen molar-refractivity contribution in [3.8, 4) is 0 Å². The minimum Gasteiger partial charge on any atom is -0.326 e. The zero-order valence-electron chi connectivity index (χ0n) is 17.7. The minimum atomic E-state index is -3.34.